The summed E-state index contributed by atoms with van der Waals surface area (Å²) in [6.45, 7) is 8.76. The molecule has 1 aliphatic rings. The Bertz CT molecular complexity index is 756. The van der Waals surface area contributed by atoms with Crippen molar-refractivity contribution >= 4 is 11.7 Å². The fourth-order valence-corrected chi connectivity index (χ4v) is 4.37. The highest BCUT2D eigenvalue weighted by Gasteiger charge is 2.33. The maximum absolute atomic E-state index is 13.4. The molecule has 0 saturated carbocycles. The lowest BCUT2D eigenvalue weighted by atomic mass is 10.0. The summed E-state index contributed by atoms with van der Waals surface area (Å²) in [7, 11) is 0. The minimum Gasteiger partial charge on any atom is -0.318 e. The first-order chi connectivity index (χ1) is 13.5. The van der Waals surface area contributed by atoms with Crippen molar-refractivity contribution in [2.45, 2.75) is 77.8 Å². The Morgan fingerprint density at radius 2 is 1.64 bits per heavy atom. The van der Waals surface area contributed by atoms with E-state index in [1.54, 1.807) is 0 Å². The number of carbonyl (C=O) groups is 1. The topological polar surface area (TPSA) is 32.3 Å². The molecule has 2 amide bonds. The van der Waals surface area contributed by atoms with Crippen LogP contribution >= 0.6 is 0 Å². The molecule has 0 radical (unpaired) electrons. The second-order valence-corrected chi connectivity index (χ2v) is 8.30. The molecule has 0 aromatic heterocycles. The molecule has 28 heavy (non-hydrogen) atoms. The summed E-state index contributed by atoms with van der Waals surface area (Å²) in [5, 5.41) is 3.17. The number of amides is 2. The molecule has 0 spiro atoms. The van der Waals surface area contributed by atoms with Crippen LogP contribution in [0.15, 0.2) is 48.5 Å². The van der Waals surface area contributed by atoms with Crippen LogP contribution in [-0.2, 0) is 12.8 Å². The van der Waals surface area contributed by atoms with Gasteiger partial charge < -0.3 is 10.2 Å². The predicted molar refractivity (Wildman–Crippen MR) is 118 cm³/mol. The van der Waals surface area contributed by atoms with Crippen LogP contribution in [0.5, 0.6) is 0 Å². The third-order valence-corrected chi connectivity index (χ3v) is 5.97. The van der Waals surface area contributed by atoms with Crippen molar-refractivity contribution in [3.8, 4) is 0 Å². The van der Waals surface area contributed by atoms with Crippen LogP contribution < -0.4 is 5.32 Å². The first-order valence-corrected chi connectivity index (χ1v) is 10.8. The smallest absolute Gasteiger partial charge is 0.318 e. The molecule has 1 atom stereocenters. The van der Waals surface area contributed by atoms with E-state index in [0.717, 1.165) is 37.8 Å². The first-order valence-electron chi connectivity index (χ1n) is 10.8. The predicted octanol–water partition coefficient (Wildman–Crippen LogP) is 6.39. The third kappa shape index (κ3) is 4.57. The number of hydrogen-bond acceptors (Lipinski definition) is 1. The Labute approximate surface area is 170 Å². The highest BCUT2D eigenvalue weighted by molar-refractivity contribution is 5.90. The Morgan fingerprint density at radius 1 is 1.04 bits per heavy atom. The molecular weight excluding hydrogens is 344 g/mol. The van der Waals surface area contributed by atoms with E-state index in [9.17, 15) is 4.79 Å². The van der Waals surface area contributed by atoms with Crippen LogP contribution in [0.25, 0.3) is 0 Å². The molecule has 1 N–H and O–H groups in total. The number of carbonyl (C=O) groups excluding carboxylic acids is 1. The van der Waals surface area contributed by atoms with Crippen molar-refractivity contribution in [2.24, 2.45) is 0 Å². The van der Waals surface area contributed by atoms with Gasteiger partial charge in [-0.25, -0.2) is 4.79 Å². The van der Waals surface area contributed by atoms with Gasteiger partial charge in [0.25, 0.3) is 0 Å². The molecule has 0 aliphatic heterocycles. The highest BCUT2D eigenvalue weighted by Crippen LogP contribution is 2.29. The average Bonchev–Trinajstić information content (AvgIpc) is 3.11. The van der Waals surface area contributed by atoms with E-state index >= 15 is 0 Å². The third-order valence-electron chi connectivity index (χ3n) is 5.97. The molecule has 0 heterocycles. The molecule has 0 fully saturated rings. The second-order valence-electron chi connectivity index (χ2n) is 8.30. The van der Waals surface area contributed by atoms with E-state index in [4.69, 9.17) is 0 Å². The lowest BCUT2D eigenvalue weighted by molar-refractivity contribution is 0.149. The van der Waals surface area contributed by atoms with Crippen LogP contribution in [0, 0.1) is 0 Å². The van der Waals surface area contributed by atoms with Crippen LogP contribution in [0.4, 0.5) is 10.5 Å². The maximum atomic E-state index is 13.4. The summed E-state index contributed by atoms with van der Waals surface area (Å²) >= 11 is 0. The molecule has 2 aromatic carbocycles. The molecular formula is C25H34N2O. The van der Waals surface area contributed by atoms with Crippen molar-refractivity contribution < 1.29 is 4.79 Å². The van der Waals surface area contributed by atoms with E-state index < -0.39 is 0 Å². The van der Waals surface area contributed by atoms with Gasteiger partial charge >= 0.3 is 6.03 Å². The van der Waals surface area contributed by atoms with Gasteiger partial charge in [0.2, 0.25) is 0 Å². The lowest BCUT2D eigenvalue weighted by Crippen LogP contribution is -2.49. The van der Waals surface area contributed by atoms with Crippen molar-refractivity contribution in [1.29, 1.82) is 0 Å². The maximum Gasteiger partial charge on any atom is 0.322 e. The Morgan fingerprint density at radius 3 is 2.14 bits per heavy atom. The fourth-order valence-electron chi connectivity index (χ4n) is 4.37. The molecule has 150 valence electrons. The monoisotopic (exact) mass is 378 g/mol. The fraction of sp³-hybridized carbons (Fsp3) is 0.480. The average molecular weight is 379 g/mol. The van der Waals surface area contributed by atoms with Crippen LogP contribution in [0.3, 0.4) is 0 Å². The van der Waals surface area contributed by atoms with Crippen LogP contribution in [0.1, 0.15) is 69.6 Å². The molecule has 1 aliphatic carbocycles. The Balaban J connectivity index is 1.79. The van der Waals surface area contributed by atoms with Crippen molar-refractivity contribution in [2.75, 3.05) is 5.32 Å². The van der Waals surface area contributed by atoms with Gasteiger partial charge in [-0.15, -0.1) is 0 Å². The minimum absolute atomic E-state index is 0.0374. The van der Waals surface area contributed by atoms with Gasteiger partial charge in [0.15, 0.2) is 0 Å². The summed E-state index contributed by atoms with van der Waals surface area (Å²) in [4.78, 5) is 15.5. The van der Waals surface area contributed by atoms with Crippen LogP contribution in [-0.4, -0.2) is 23.0 Å². The summed E-state index contributed by atoms with van der Waals surface area (Å²) < 4.78 is 0. The molecule has 1 unspecified atom stereocenters. The SMILES string of the molecule is CCCC(CC)N(C(=O)Nc1ccc(C(C)C)cc1)C1Cc2ccccc2C1. The number of rotatable bonds is 7. The molecule has 3 heteroatoms. The van der Waals surface area contributed by atoms with Crippen LogP contribution in [0.2, 0.25) is 0 Å². The Hall–Kier alpha value is -2.29. The van der Waals surface area contributed by atoms with Crippen molar-refractivity contribution in [3.63, 3.8) is 0 Å². The van der Waals surface area contributed by atoms with Crippen molar-refractivity contribution in [1.82, 2.24) is 4.90 Å². The first kappa shape index (κ1) is 20.4. The lowest BCUT2D eigenvalue weighted by Gasteiger charge is -2.36. The van der Waals surface area contributed by atoms with E-state index in [1.807, 2.05) is 12.1 Å². The number of hydrogen-bond donors (Lipinski definition) is 1. The quantitative estimate of drug-likeness (QED) is 0.595. The Kier molecular flexibility index (Phi) is 6.77. The molecule has 3 rings (SSSR count). The molecule has 3 nitrogen and oxygen atoms in total. The van der Waals surface area contributed by atoms with E-state index in [1.165, 1.54) is 16.7 Å². The largest absolute Gasteiger partial charge is 0.322 e. The number of nitrogens with zero attached hydrogens (tertiary/aromatic N) is 1. The number of nitrogens with one attached hydrogen (secondary N) is 1. The van der Waals surface area contributed by atoms with Gasteiger partial charge in [0.05, 0.1) is 0 Å². The van der Waals surface area contributed by atoms with E-state index in [2.05, 4.69) is 74.3 Å². The molecule has 0 bridgehead atoms. The normalized spacial score (nSPS) is 14.8. The summed E-state index contributed by atoms with van der Waals surface area (Å²) in [5.74, 6) is 0.493. The van der Waals surface area contributed by atoms with E-state index in [-0.39, 0.29) is 18.1 Å². The van der Waals surface area contributed by atoms with Gasteiger partial charge in [-0.05, 0) is 60.4 Å². The second kappa shape index (κ2) is 9.27. The number of benzene rings is 2. The zero-order valence-electron chi connectivity index (χ0n) is 17.7. The number of anilines is 1. The van der Waals surface area contributed by atoms with Gasteiger partial charge in [0.1, 0.15) is 0 Å². The molecule has 0 saturated heterocycles. The van der Waals surface area contributed by atoms with Crippen molar-refractivity contribution in [3.05, 3.63) is 65.2 Å². The number of urea groups is 1. The highest BCUT2D eigenvalue weighted by atomic mass is 16.2. The summed E-state index contributed by atoms with van der Waals surface area (Å²) in [5.41, 5.74) is 4.94. The van der Waals surface area contributed by atoms with Gasteiger partial charge in [-0.2, -0.15) is 0 Å². The standard InChI is InChI=1S/C25H34N2O/c1-5-9-23(6-2)27(24-16-20-10-7-8-11-21(20)17-24)25(28)26-22-14-12-19(13-15-22)18(3)4/h7-8,10-15,18,23-24H,5-6,9,16-17H2,1-4H3,(H,26,28). The molecule has 2 aromatic rings. The zero-order chi connectivity index (χ0) is 20.1. The van der Waals surface area contributed by atoms with Gasteiger partial charge in [-0.3, -0.25) is 0 Å². The summed E-state index contributed by atoms with van der Waals surface area (Å²) in [6, 6.07) is 17.4. The minimum atomic E-state index is 0.0374. The number of fused-ring (bicyclic) bond motifs is 1. The van der Waals surface area contributed by atoms with Gasteiger partial charge in [0, 0.05) is 17.8 Å². The van der Waals surface area contributed by atoms with E-state index in [0.29, 0.717) is 5.92 Å². The zero-order valence-corrected chi connectivity index (χ0v) is 17.7. The summed E-state index contributed by atoms with van der Waals surface area (Å²) in [6.07, 6.45) is 5.03. The van der Waals surface area contributed by atoms with Gasteiger partial charge in [-0.1, -0.05) is 70.5 Å².